The number of hydrogen-bond donors (Lipinski definition) is 1. The number of amides is 2. The Bertz CT molecular complexity index is 316. The van der Waals surface area contributed by atoms with Crippen molar-refractivity contribution in [2.45, 2.75) is 58.8 Å². The molecule has 1 N–H and O–H groups in total. The maximum Gasteiger partial charge on any atom is 0.230 e. The second-order valence-electron chi connectivity index (χ2n) is 5.98. The molecular weight excluding hydrogens is 214 g/mol. The molecule has 2 amide bonds. The standard InChI is InChI=1S/C14H23NO2/c1-3-4-11-13(17)15-12(16)9-14(11)7-5-10(2)6-8-14/h10-11H,3-9H2,1-2H3,(H,15,16,17). The molecule has 1 saturated heterocycles. The van der Waals surface area contributed by atoms with Crippen LogP contribution in [0.3, 0.4) is 0 Å². The first-order valence-corrected chi connectivity index (χ1v) is 6.91. The summed E-state index contributed by atoms with van der Waals surface area (Å²) in [4.78, 5) is 23.7. The summed E-state index contributed by atoms with van der Waals surface area (Å²) < 4.78 is 0. The second kappa shape index (κ2) is 4.79. The summed E-state index contributed by atoms with van der Waals surface area (Å²) in [5.41, 5.74) is -0.0120. The van der Waals surface area contributed by atoms with Gasteiger partial charge in [-0.2, -0.15) is 0 Å². The van der Waals surface area contributed by atoms with Crippen LogP contribution in [0.1, 0.15) is 58.8 Å². The van der Waals surface area contributed by atoms with Crippen LogP contribution in [0.4, 0.5) is 0 Å². The monoisotopic (exact) mass is 237 g/mol. The van der Waals surface area contributed by atoms with Crippen LogP contribution >= 0.6 is 0 Å². The van der Waals surface area contributed by atoms with Crippen molar-refractivity contribution in [1.82, 2.24) is 5.32 Å². The summed E-state index contributed by atoms with van der Waals surface area (Å²) in [6, 6.07) is 0. The zero-order chi connectivity index (χ0) is 12.5. The Labute approximate surface area is 103 Å². The number of piperidine rings is 1. The Morgan fingerprint density at radius 2 is 1.94 bits per heavy atom. The summed E-state index contributed by atoms with van der Waals surface area (Å²) in [5.74, 6) is 0.746. The average Bonchev–Trinajstić information content (AvgIpc) is 2.28. The highest BCUT2D eigenvalue weighted by Gasteiger charge is 2.48. The van der Waals surface area contributed by atoms with E-state index in [1.165, 1.54) is 12.8 Å². The molecule has 0 bridgehead atoms. The van der Waals surface area contributed by atoms with Gasteiger partial charge in [0.1, 0.15) is 0 Å². The lowest BCUT2D eigenvalue weighted by Crippen LogP contribution is -2.53. The van der Waals surface area contributed by atoms with Crippen LogP contribution in [0.2, 0.25) is 0 Å². The van der Waals surface area contributed by atoms with Crippen LogP contribution in [0, 0.1) is 17.3 Å². The minimum Gasteiger partial charge on any atom is -0.296 e. The van der Waals surface area contributed by atoms with Crippen molar-refractivity contribution < 1.29 is 9.59 Å². The fraction of sp³-hybridized carbons (Fsp3) is 0.857. The van der Waals surface area contributed by atoms with Gasteiger partial charge in [-0.25, -0.2) is 0 Å². The van der Waals surface area contributed by atoms with Crippen LogP contribution < -0.4 is 5.32 Å². The topological polar surface area (TPSA) is 46.2 Å². The molecule has 0 aromatic heterocycles. The molecule has 1 aliphatic carbocycles. The fourth-order valence-electron chi connectivity index (χ4n) is 3.58. The Morgan fingerprint density at radius 3 is 2.53 bits per heavy atom. The number of nitrogens with one attached hydrogen (secondary N) is 1. The number of hydrogen-bond acceptors (Lipinski definition) is 2. The molecule has 0 radical (unpaired) electrons. The molecule has 2 fully saturated rings. The average molecular weight is 237 g/mol. The van der Waals surface area contributed by atoms with Crippen molar-refractivity contribution in [2.75, 3.05) is 0 Å². The van der Waals surface area contributed by atoms with Gasteiger partial charge < -0.3 is 0 Å². The number of rotatable bonds is 2. The minimum absolute atomic E-state index is 0.0120. The number of carbonyl (C=O) groups is 2. The summed E-state index contributed by atoms with van der Waals surface area (Å²) in [5, 5.41) is 2.52. The molecule has 1 atom stereocenters. The quantitative estimate of drug-likeness (QED) is 0.750. The first-order chi connectivity index (χ1) is 8.07. The second-order valence-corrected chi connectivity index (χ2v) is 5.98. The SMILES string of the molecule is CCCC1C(=O)NC(=O)CC12CCC(C)CC2. The van der Waals surface area contributed by atoms with Gasteiger partial charge >= 0.3 is 0 Å². The molecule has 1 heterocycles. The first kappa shape index (κ1) is 12.6. The normalized spacial score (nSPS) is 38.2. The molecule has 0 aromatic rings. The minimum atomic E-state index is -0.0584. The van der Waals surface area contributed by atoms with Gasteiger partial charge in [0.2, 0.25) is 11.8 Å². The Kier molecular flexibility index (Phi) is 3.55. The van der Waals surface area contributed by atoms with Gasteiger partial charge in [-0.05, 0) is 30.6 Å². The van der Waals surface area contributed by atoms with E-state index in [9.17, 15) is 9.59 Å². The van der Waals surface area contributed by atoms with Crippen LogP contribution in [0.25, 0.3) is 0 Å². The Hall–Kier alpha value is -0.860. The fourth-order valence-corrected chi connectivity index (χ4v) is 3.58. The molecule has 2 rings (SSSR count). The summed E-state index contributed by atoms with van der Waals surface area (Å²) in [7, 11) is 0. The van der Waals surface area contributed by atoms with Crippen LogP contribution in [-0.4, -0.2) is 11.8 Å². The Balaban J connectivity index is 2.20. The molecule has 3 heteroatoms. The lowest BCUT2D eigenvalue weighted by Gasteiger charge is -2.46. The maximum absolute atomic E-state index is 12.0. The van der Waals surface area contributed by atoms with E-state index in [4.69, 9.17) is 0 Å². The van der Waals surface area contributed by atoms with E-state index in [1.54, 1.807) is 0 Å². The van der Waals surface area contributed by atoms with E-state index in [1.807, 2.05) is 0 Å². The lowest BCUT2D eigenvalue weighted by molar-refractivity contribution is -0.146. The van der Waals surface area contributed by atoms with Crippen molar-refractivity contribution in [1.29, 1.82) is 0 Å². The molecule has 0 aromatic carbocycles. The highest BCUT2D eigenvalue weighted by Crippen LogP contribution is 2.50. The molecule has 3 nitrogen and oxygen atoms in total. The number of carbonyl (C=O) groups excluding carboxylic acids is 2. The zero-order valence-corrected chi connectivity index (χ0v) is 10.9. The van der Waals surface area contributed by atoms with E-state index in [2.05, 4.69) is 19.2 Å². The molecule has 17 heavy (non-hydrogen) atoms. The molecule has 1 aliphatic heterocycles. The van der Waals surface area contributed by atoms with Crippen molar-refractivity contribution >= 4 is 11.8 Å². The highest BCUT2D eigenvalue weighted by atomic mass is 16.2. The Morgan fingerprint density at radius 1 is 1.29 bits per heavy atom. The van der Waals surface area contributed by atoms with Crippen molar-refractivity contribution in [2.24, 2.45) is 17.3 Å². The van der Waals surface area contributed by atoms with Crippen LogP contribution in [0.5, 0.6) is 0 Å². The predicted molar refractivity (Wildman–Crippen MR) is 66.2 cm³/mol. The molecule has 2 aliphatic rings. The van der Waals surface area contributed by atoms with Gasteiger partial charge in [0.25, 0.3) is 0 Å². The zero-order valence-electron chi connectivity index (χ0n) is 10.9. The molecule has 1 saturated carbocycles. The third-order valence-corrected chi connectivity index (χ3v) is 4.68. The molecule has 96 valence electrons. The third kappa shape index (κ3) is 2.38. The predicted octanol–water partition coefficient (Wildman–Crippen LogP) is 2.65. The van der Waals surface area contributed by atoms with Crippen molar-refractivity contribution in [3.8, 4) is 0 Å². The van der Waals surface area contributed by atoms with Gasteiger partial charge in [-0.3, -0.25) is 14.9 Å². The number of imide groups is 1. The lowest BCUT2D eigenvalue weighted by atomic mass is 9.59. The van der Waals surface area contributed by atoms with E-state index < -0.39 is 0 Å². The summed E-state index contributed by atoms with van der Waals surface area (Å²) in [6.07, 6.45) is 6.95. The third-order valence-electron chi connectivity index (χ3n) is 4.68. The van der Waals surface area contributed by atoms with Crippen molar-refractivity contribution in [3.05, 3.63) is 0 Å². The van der Waals surface area contributed by atoms with Gasteiger partial charge in [-0.15, -0.1) is 0 Å². The van der Waals surface area contributed by atoms with Gasteiger partial charge in [0, 0.05) is 12.3 Å². The molecule has 1 spiro atoms. The highest BCUT2D eigenvalue weighted by molar-refractivity contribution is 5.99. The van der Waals surface area contributed by atoms with E-state index >= 15 is 0 Å². The molecular formula is C14H23NO2. The maximum atomic E-state index is 12.0. The summed E-state index contributed by atoms with van der Waals surface area (Å²) >= 11 is 0. The largest absolute Gasteiger partial charge is 0.296 e. The van der Waals surface area contributed by atoms with Crippen LogP contribution in [-0.2, 0) is 9.59 Å². The van der Waals surface area contributed by atoms with Gasteiger partial charge in [0.15, 0.2) is 0 Å². The van der Waals surface area contributed by atoms with E-state index in [-0.39, 0.29) is 23.1 Å². The smallest absolute Gasteiger partial charge is 0.230 e. The van der Waals surface area contributed by atoms with E-state index in [0.717, 1.165) is 31.6 Å². The van der Waals surface area contributed by atoms with E-state index in [0.29, 0.717) is 6.42 Å². The van der Waals surface area contributed by atoms with Crippen LogP contribution in [0.15, 0.2) is 0 Å². The van der Waals surface area contributed by atoms with Gasteiger partial charge in [0.05, 0.1) is 0 Å². The van der Waals surface area contributed by atoms with Gasteiger partial charge in [-0.1, -0.05) is 33.1 Å². The first-order valence-electron chi connectivity index (χ1n) is 6.91. The molecule has 1 unspecified atom stereocenters. The summed E-state index contributed by atoms with van der Waals surface area (Å²) in [6.45, 7) is 4.38. The van der Waals surface area contributed by atoms with Crippen molar-refractivity contribution in [3.63, 3.8) is 0 Å².